The first-order valence-electron chi connectivity index (χ1n) is 6.84. The topological polar surface area (TPSA) is 77.0 Å². The zero-order chi connectivity index (χ0) is 13.2. The Hall–Kier alpha value is -0.940. The van der Waals surface area contributed by atoms with E-state index in [-0.39, 0.29) is 6.54 Å². The lowest BCUT2D eigenvalue weighted by Gasteiger charge is -2.20. The van der Waals surface area contributed by atoms with E-state index >= 15 is 0 Å². The zero-order valence-electron chi connectivity index (χ0n) is 11.4. The summed E-state index contributed by atoms with van der Waals surface area (Å²) >= 11 is 0. The van der Waals surface area contributed by atoms with Crippen molar-refractivity contribution >= 4 is 0 Å². The lowest BCUT2D eigenvalue weighted by molar-refractivity contribution is 0.0666. The lowest BCUT2D eigenvalue weighted by atomic mass is 9.89. The Balaban J connectivity index is 2.11. The highest BCUT2D eigenvalue weighted by molar-refractivity contribution is 5.03. The van der Waals surface area contributed by atoms with Gasteiger partial charge in [0.1, 0.15) is 5.82 Å². The van der Waals surface area contributed by atoms with Crippen LogP contribution in [0.3, 0.4) is 0 Å². The number of hydrogen-bond donors (Lipinski definition) is 2. The number of rotatable bonds is 4. The molecule has 0 bridgehead atoms. The van der Waals surface area contributed by atoms with Crippen LogP contribution >= 0.6 is 0 Å². The first kappa shape index (κ1) is 13.5. The average Bonchev–Trinajstić information content (AvgIpc) is 2.72. The van der Waals surface area contributed by atoms with Crippen LogP contribution in [-0.2, 0) is 13.5 Å². The van der Waals surface area contributed by atoms with Gasteiger partial charge < -0.3 is 10.8 Å². The predicted molar refractivity (Wildman–Crippen MR) is 70.2 cm³/mol. The van der Waals surface area contributed by atoms with Gasteiger partial charge in [0.25, 0.3) is 0 Å². The van der Waals surface area contributed by atoms with Crippen molar-refractivity contribution in [2.75, 3.05) is 6.54 Å². The summed E-state index contributed by atoms with van der Waals surface area (Å²) in [5.74, 6) is 2.27. The van der Waals surface area contributed by atoms with Gasteiger partial charge in [-0.05, 0) is 19.8 Å². The van der Waals surface area contributed by atoms with E-state index in [9.17, 15) is 5.11 Å². The van der Waals surface area contributed by atoms with E-state index in [1.54, 1.807) is 11.6 Å². The third-order valence-corrected chi connectivity index (χ3v) is 3.82. The molecule has 0 saturated heterocycles. The van der Waals surface area contributed by atoms with Gasteiger partial charge in [-0.3, -0.25) is 4.68 Å². The van der Waals surface area contributed by atoms with Crippen molar-refractivity contribution < 1.29 is 5.11 Å². The van der Waals surface area contributed by atoms with E-state index < -0.39 is 5.60 Å². The van der Waals surface area contributed by atoms with Crippen LogP contribution in [0.1, 0.15) is 56.6 Å². The molecule has 2 rings (SSSR count). The first-order chi connectivity index (χ1) is 8.52. The summed E-state index contributed by atoms with van der Waals surface area (Å²) in [5, 5.41) is 14.5. The number of aromatic nitrogens is 3. The van der Waals surface area contributed by atoms with Crippen LogP contribution in [0.2, 0.25) is 0 Å². The van der Waals surface area contributed by atoms with Gasteiger partial charge in [-0.1, -0.05) is 19.3 Å². The Labute approximate surface area is 108 Å². The molecule has 1 saturated carbocycles. The first-order valence-corrected chi connectivity index (χ1v) is 6.84. The fourth-order valence-electron chi connectivity index (χ4n) is 2.54. The van der Waals surface area contributed by atoms with E-state index in [0.29, 0.717) is 12.3 Å². The Bertz CT molecular complexity index is 394. The smallest absolute Gasteiger partial charge is 0.154 e. The minimum atomic E-state index is -0.898. The van der Waals surface area contributed by atoms with Gasteiger partial charge in [0.2, 0.25) is 0 Å². The molecule has 0 radical (unpaired) electrons. The molecule has 18 heavy (non-hydrogen) atoms. The fourth-order valence-corrected chi connectivity index (χ4v) is 2.54. The second-order valence-corrected chi connectivity index (χ2v) is 5.72. The quantitative estimate of drug-likeness (QED) is 0.841. The summed E-state index contributed by atoms with van der Waals surface area (Å²) in [6.45, 7) is 1.97. The van der Waals surface area contributed by atoms with Crippen molar-refractivity contribution in [3.05, 3.63) is 11.6 Å². The lowest BCUT2D eigenvalue weighted by Crippen LogP contribution is -2.37. The van der Waals surface area contributed by atoms with Gasteiger partial charge >= 0.3 is 0 Å². The van der Waals surface area contributed by atoms with Crippen LogP contribution in [0.15, 0.2) is 0 Å². The molecule has 1 aromatic heterocycles. The van der Waals surface area contributed by atoms with E-state index in [2.05, 4.69) is 10.1 Å². The number of aryl methyl sites for hydroxylation is 1. The van der Waals surface area contributed by atoms with E-state index in [1.165, 1.54) is 32.1 Å². The Morgan fingerprint density at radius 3 is 2.67 bits per heavy atom. The molecule has 0 aromatic carbocycles. The number of hydrogen-bond acceptors (Lipinski definition) is 4. The molecule has 5 nitrogen and oxygen atoms in total. The van der Waals surface area contributed by atoms with Gasteiger partial charge in [-0.15, -0.1) is 0 Å². The Kier molecular flexibility index (Phi) is 4.02. The van der Waals surface area contributed by atoms with Gasteiger partial charge in [0, 0.05) is 25.9 Å². The standard InChI is InChI=1S/C13H24N4O/c1-13(18,9-14)8-11-15-12(16-17(11)2)10-6-4-3-5-7-10/h10,18H,3-9,14H2,1-2H3. The highest BCUT2D eigenvalue weighted by Gasteiger charge is 2.25. The van der Waals surface area contributed by atoms with Crippen LogP contribution in [0, 0.1) is 0 Å². The summed E-state index contributed by atoms with van der Waals surface area (Å²) in [5.41, 5.74) is 4.65. The molecule has 1 unspecified atom stereocenters. The van der Waals surface area contributed by atoms with Gasteiger partial charge in [0.05, 0.1) is 5.60 Å². The third kappa shape index (κ3) is 3.09. The van der Waals surface area contributed by atoms with Crippen LogP contribution in [0.4, 0.5) is 0 Å². The maximum absolute atomic E-state index is 10.0. The molecule has 102 valence electrons. The average molecular weight is 252 g/mol. The molecule has 1 aromatic rings. The molecule has 1 atom stereocenters. The molecule has 3 N–H and O–H groups in total. The second kappa shape index (κ2) is 5.36. The molecule has 0 aliphatic heterocycles. The molecule has 5 heteroatoms. The number of nitrogens with two attached hydrogens (primary N) is 1. The Morgan fingerprint density at radius 1 is 1.39 bits per heavy atom. The summed E-state index contributed by atoms with van der Waals surface area (Å²) < 4.78 is 1.79. The van der Waals surface area contributed by atoms with E-state index in [4.69, 9.17) is 5.73 Å². The molecule has 1 aliphatic rings. The van der Waals surface area contributed by atoms with Crippen LogP contribution in [0.5, 0.6) is 0 Å². The van der Waals surface area contributed by atoms with Gasteiger partial charge in [-0.2, -0.15) is 5.10 Å². The second-order valence-electron chi connectivity index (χ2n) is 5.72. The fraction of sp³-hybridized carbons (Fsp3) is 0.846. The molecular formula is C13H24N4O. The SMILES string of the molecule is Cn1nc(C2CCCCC2)nc1CC(C)(O)CN. The van der Waals surface area contributed by atoms with Crippen LogP contribution in [-0.4, -0.2) is 32.0 Å². The van der Waals surface area contributed by atoms with Gasteiger partial charge in [-0.25, -0.2) is 4.98 Å². The molecular weight excluding hydrogens is 228 g/mol. The third-order valence-electron chi connectivity index (χ3n) is 3.82. The van der Waals surface area contributed by atoms with Gasteiger partial charge in [0.15, 0.2) is 5.82 Å². The summed E-state index contributed by atoms with van der Waals surface area (Å²) in [6, 6.07) is 0. The maximum atomic E-state index is 10.0. The monoisotopic (exact) mass is 252 g/mol. The minimum absolute atomic E-state index is 0.235. The summed E-state index contributed by atoms with van der Waals surface area (Å²) in [4.78, 5) is 4.60. The maximum Gasteiger partial charge on any atom is 0.154 e. The summed E-state index contributed by atoms with van der Waals surface area (Å²) in [6.07, 6.45) is 6.73. The van der Waals surface area contributed by atoms with Crippen molar-refractivity contribution in [1.82, 2.24) is 14.8 Å². The highest BCUT2D eigenvalue weighted by atomic mass is 16.3. The Morgan fingerprint density at radius 2 is 2.06 bits per heavy atom. The highest BCUT2D eigenvalue weighted by Crippen LogP contribution is 2.30. The molecule has 1 fully saturated rings. The van der Waals surface area contributed by atoms with E-state index in [1.807, 2.05) is 7.05 Å². The minimum Gasteiger partial charge on any atom is -0.388 e. The molecule has 1 aliphatic carbocycles. The van der Waals surface area contributed by atoms with Crippen molar-refractivity contribution in [2.45, 2.75) is 57.0 Å². The molecule has 0 amide bonds. The van der Waals surface area contributed by atoms with Crippen molar-refractivity contribution in [2.24, 2.45) is 12.8 Å². The largest absolute Gasteiger partial charge is 0.388 e. The van der Waals surface area contributed by atoms with Crippen molar-refractivity contribution in [3.8, 4) is 0 Å². The predicted octanol–water partition coefficient (Wildman–Crippen LogP) is 1.11. The van der Waals surface area contributed by atoms with E-state index in [0.717, 1.165) is 11.6 Å². The molecule has 1 heterocycles. The van der Waals surface area contributed by atoms with Crippen LogP contribution in [0.25, 0.3) is 0 Å². The molecule has 0 spiro atoms. The summed E-state index contributed by atoms with van der Waals surface area (Å²) in [7, 11) is 1.89. The zero-order valence-corrected chi connectivity index (χ0v) is 11.4. The van der Waals surface area contributed by atoms with Crippen molar-refractivity contribution in [3.63, 3.8) is 0 Å². The number of nitrogens with zero attached hydrogens (tertiary/aromatic N) is 3. The van der Waals surface area contributed by atoms with Crippen molar-refractivity contribution in [1.29, 1.82) is 0 Å². The number of aliphatic hydroxyl groups is 1. The normalized spacial score (nSPS) is 20.9. The van der Waals surface area contributed by atoms with Crippen LogP contribution < -0.4 is 5.73 Å².